The molecule has 0 aliphatic heterocycles. The number of amides is 3. The second-order valence-corrected chi connectivity index (χ2v) is 6.96. The Balaban J connectivity index is 1.60. The molecule has 3 amide bonds. The summed E-state index contributed by atoms with van der Waals surface area (Å²) in [5, 5.41) is 5.75. The minimum absolute atomic E-state index is 0.0189. The number of hydrazine groups is 1. The normalized spacial score (nSPS) is 9.97. The van der Waals surface area contributed by atoms with E-state index in [1.165, 1.54) is 0 Å². The number of halogens is 1. The minimum atomic E-state index is -0.422. The first kappa shape index (κ1) is 22.3. The van der Waals surface area contributed by atoms with Gasteiger partial charge in [0.05, 0.1) is 6.42 Å². The summed E-state index contributed by atoms with van der Waals surface area (Å²) in [6.45, 7) is 0.406. The maximum absolute atomic E-state index is 11.9. The molecule has 0 radical (unpaired) electrons. The third-order valence-electron chi connectivity index (χ3n) is 3.76. The molecule has 0 fully saturated rings. The molecule has 7 nitrogen and oxygen atoms in total. The van der Waals surface area contributed by atoms with Gasteiger partial charge in [-0.1, -0.05) is 54.1 Å². The Labute approximate surface area is 179 Å². The van der Waals surface area contributed by atoms with Crippen molar-refractivity contribution in [1.29, 1.82) is 0 Å². The number of rotatable bonds is 7. The molecule has 4 N–H and O–H groups in total. The molecule has 0 unspecified atom stereocenters. The van der Waals surface area contributed by atoms with Crippen LogP contribution < -0.4 is 21.5 Å². The quantitative estimate of drug-likeness (QED) is 0.396. The van der Waals surface area contributed by atoms with Crippen LogP contribution >= 0.6 is 23.8 Å². The number of hydrogen-bond acceptors (Lipinski definition) is 4. The van der Waals surface area contributed by atoms with Gasteiger partial charge in [0.1, 0.15) is 0 Å². The number of benzene rings is 2. The number of thiocarbonyl (C=S) groups is 1. The van der Waals surface area contributed by atoms with Gasteiger partial charge in [-0.15, -0.1) is 0 Å². The van der Waals surface area contributed by atoms with Gasteiger partial charge in [0.15, 0.2) is 5.11 Å². The first-order chi connectivity index (χ1) is 13.9. The Hall–Kier alpha value is -2.97. The van der Waals surface area contributed by atoms with Crippen LogP contribution in [0.15, 0.2) is 54.6 Å². The van der Waals surface area contributed by atoms with E-state index in [-0.39, 0.29) is 36.2 Å². The molecule has 2 aromatic rings. The SMILES string of the molecule is O=C(CCC(=O)NNC(=S)NC(=O)Cc1ccc(Cl)cc1)NCc1ccccc1. The topological polar surface area (TPSA) is 99.3 Å². The summed E-state index contributed by atoms with van der Waals surface area (Å²) in [6, 6.07) is 16.3. The number of carbonyl (C=O) groups is 3. The lowest BCUT2D eigenvalue weighted by atomic mass is 10.1. The van der Waals surface area contributed by atoms with E-state index in [2.05, 4.69) is 21.5 Å². The van der Waals surface area contributed by atoms with Crippen LogP contribution in [-0.2, 0) is 27.3 Å². The molecule has 0 spiro atoms. The number of carbonyl (C=O) groups excluding carboxylic acids is 3. The van der Waals surface area contributed by atoms with E-state index in [0.717, 1.165) is 11.1 Å². The zero-order valence-electron chi connectivity index (χ0n) is 15.5. The van der Waals surface area contributed by atoms with Crippen LogP contribution in [0.4, 0.5) is 0 Å². The van der Waals surface area contributed by atoms with Crippen molar-refractivity contribution < 1.29 is 14.4 Å². The Morgan fingerprint density at radius 1 is 0.793 bits per heavy atom. The molecular weight excluding hydrogens is 412 g/mol. The second-order valence-electron chi connectivity index (χ2n) is 6.12. The predicted octanol–water partition coefficient (Wildman–Crippen LogP) is 2.00. The van der Waals surface area contributed by atoms with Crippen molar-refractivity contribution in [1.82, 2.24) is 21.5 Å². The molecule has 0 saturated carbocycles. The lowest BCUT2D eigenvalue weighted by molar-refractivity contribution is -0.126. The van der Waals surface area contributed by atoms with Crippen molar-refractivity contribution in [3.8, 4) is 0 Å². The molecule has 0 aliphatic rings. The highest BCUT2D eigenvalue weighted by molar-refractivity contribution is 7.80. The van der Waals surface area contributed by atoms with Crippen LogP contribution in [0.1, 0.15) is 24.0 Å². The largest absolute Gasteiger partial charge is 0.352 e. The average molecular weight is 433 g/mol. The Morgan fingerprint density at radius 3 is 2.14 bits per heavy atom. The minimum Gasteiger partial charge on any atom is -0.352 e. The first-order valence-corrected chi connectivity index (χ1v) is 9.65. The molecule has 0 aromatic heterocycles. The highest BCUT2D eigenvalue weighted by Crippen LogP contribution is 2.09. The second kappa shape index (κ2) is 11.8. The van der Waals surface area contributed by atoms with Crippen LogP contribution in [0.3, 0.4) is 0 Å². The van der Waals surface area contributed by atoms with Crippen LogP contribution in [0.25, 0.3) is 0 Å². The monoisotopic (exact) mass is 432 g/mol. The molecule has 152 valence electrons. The van der Waals surface area contributed by atoms with Crippen molar-refractivity contribution in [2.75, 3.05) is 0 Å². The molecule has 0 atom stereocenters. The van der Waals surface area contributed by atoms with Crippen molar-refractivity contribution in [2.24, 2.45) is 0 Å². The summed E-state index contributed by atoms with van der Waals surface area (Å²) in [7, 11) is 0. The zero-order valence-corrected chi connectivity index (χ0v) is 17.1. The van der Waals surface area contributed by atoms with Crippen molar-refractivity contribution in [2.45, 2.75) is 25.8 Å². The molecular formula is C20H21ClN4O3S. The highest BCUT2D eigenvalue weighted by Gasteiger charge is 2.09. The van der Waals surface area contributed by atoms with Gasteiger partial charge in [0.25, 0.3) is 0 Å². The highest BCUT2D eigenvalue weighted by atomic mass is 35.5. The first-order valence-electron chi connectivity index (χ1n) is 8.86. The smallest absolute Gasteiger partial charge is 0.238 e. The lowest BCUT2D eigenvalue weighted by Crippen LogP contribution is -2.48. The maximum atomic E-state index is 11.9. The summed E-state index contributed by atoms with van der Waals surface area (Å²) in [5.41, 5.74) is 6.54. The molecule has 0 aliphatic carbocycles. The molecule has 9 heteroatoms. The molecule has 29 heavy (non-hydrogen) atoms. The number of hydrogen-bond donors (Lipinski definition) is 4. The molecule has 0 saturated heterocycles. The molecule has 2 aromatic carbocycles. The lowest BCUT2D eigenvalue weighted by Gasteiger charge is -2.11. The van der Waals surface area contributed by atoms with Gasteiger partial charge < -0.3 is 10.6 Å². The van der Waals surface area contributed by atoms with E-state index in [1.807, 2.05) is 30.3 Å². The molecule has 0 heterocycles. The van der Waals surface area contributed by atoms with Crippen molar-refractivity contribution >= 4 is 46.7 Å². The van der Waals surface area contributed by atoms with Crippen LogP contribution in [-0.4, -0.2) is 22.8 Å². The van der Waals surface area contributed by atoms with E-state index >= 15 is 0 Å². The van der Waals surface area contributed by atoms with E-state index < -0.39 is 5.91 Å². The molecule has 2 rings (SSSR count). The fourth-order valence-corrected chi connectivity index (χ4v) is 2.58. The Morgan fingerprint density at radius 2 is 1.45 bits per heavy atom. The summed E-state index contributed by atoms with van der Waals surface area (Å²) in [5.74, 6) is -0.989. The maximum Gasteiger partial charge on any atom is 0.238 e. The van der Waals surface area contributed by atoms with Gasteiger partial charge in [0, 0.05) is 24.4 Å². The number of nitrogens with one attached hydrogen (secondary N) is 4. The summed E-state index contributed by atoms with van der Waals surface area (Å²) >= 11 is 10.8. The average Bonchev–Trinajstić information content (AvgIpc) is 2.71. The molecule has 0 bridgehead atoms. The van der Waals surface area contributed by atoms with Gasteiger partial charge in [-0.3, -0.25) is 25.2 Å². The summed E-state index contributed by atoms with van der Waals surface area (Å²) in [4.78, 5) is 35.5. The Bertz CT molecular complexity index is 860. The fraction of sp³-hybridized carbons (Fsp3) is 0.200. The van der Waals surface area contributed by atoms with Crippen LogP contribution in [0, 0.1) is 0 Å². The summed E-state index contributed by atoms with van der Waals surface area (Å²) < 4.78 is 0. The van der Waals surface area contributed by atoms with Crippen molar-refractivity contribution in [3.63, 3.8) is 0 Å². The van der Waals surface area contributed by atoms with Gasteiger partial charge in [-0.25, -0.2) is 0 Å². The fourth-order valence-electron chi connectivity index (χ4n) is 2.29. The van der Waals surface area contributed by atoms with Crippen LogP contribution in [0.5, 0.6) is 0 Å². The van der Waals surface area contributed by atoms with Crippen molar-refractivity contribution in [3.05, 3.63) is 70.7 Å². The van der Waals surface area contributed by atoms with E-state index in [0.29, 0.717) is 11.6 Å². The van der Waals surface area contributed by atoms with E-state index in [1.54, 1.807) is 24.3 Å². The van der Waals surface area contributed by atoms with Gasteiger partial charge in [-0.2, -0.15) is 0 Å². The third-order valence-corrected chi connectivity index (χ3v) is 4.21. The third kappa shape index (κ3) is 9.18. The van der Waals surface area contributed by atoms with E-state index in [4.69, 9.17) is 23.8 Å². The predicted molar refractivity (Wildman–Crippen MR) is 115 cm³/mol. The van der Waals surface area contributed by atoms with Gasteiger partial charge in [0.2, 0.25) is 17.7 Å². The van der Waals surface area contributed by atoms with Crippen LogP contribution in [0.2, 0.25) is 5.02 Å². The zero-order chi connectivity index (χ0) is 21.1. The van der Waals surface area contributed by atoms with Gasteiger partial charge in [-0.05, 0) is 35.5 Å². The van der Waals surface area contributed by atoms with Gasteiger partial charge >= 0.3 is 0 Å². The Kier molecular flexibility index (Phi) is 9.07. The summed E-state index contributed by atoms with van der Waals surface area (Å²) in [6.07, 6.45) is 0.138. The van der Waals surface area contributed by atoms with E-state index in [9.17, 15) is 14.4 Å². The standard InChI is InChI=1S/C20H21ClN4O3S/c21-16-8-6-14(7-9-16)12-19(28)23-20(29)25-24-18(27)11-10-17(26)22-13-15-4-2-1-3-5-15/h1-9H,10-13H2,(H,22,26)(H,24,27)(H2,23,25,28,29).